The van der Waals surface area contributed by atoms with Crippen LogP contribution in [0.5, 0.6) is 11.5 Å². The topological polar surface area (TPSA) is 84.9 Å². The maximum absolute atomic E-state index is 13.1. The number of amides is 1. The molecule has 0 aliphatic heterocycles. The van der Waals surface area contributed by atoms with Gasteiger partial charge in [0.05, 0.1) is 14.2 Å². The van der Waals surface area contributed by atoms with Gasteiger partial charge in [0, 0.05) is 22.9 Å². The number of hydrogen-bond acceptors (Lipinski definition) is 4. The van der Waals surface area contributed by atoms with Gasteiger partial charge in [0.15, 0.2) is 0 Å². The number of benzene rings is 2. The van der Waals surface area contributed by atoms with E-state index in [-0.39, 0.29) is 22.6 Å². The largest absolute Gasteiger partial charge is 0.496 e. The number of carboxylic acids is 1. The van der Waals surface area contributed by atoms with Crippen LogP contribution in [0.4, 0.5) is 5.69 Å². The molecule has 4 aliphatic rings. The van der Waals surface area contributed by atoms with Gasteiger partial charge < -0.3 is 19.9 Å². The Hall–Kier alpha value is -3.02. The van der Waals surface area contributed by atoms with Gasteiger partial charge in [-0.25, -0.2) is 4.79 Å². The zero-order valence-electron chi connectivity index (χ0n) is 18.5. The Morgan fingerprint density at radius 2 is 1.53 bits per heavy atom. The molecule has 0 spiro atoms. The SMILES string of the molecule is COc1cc(NC(=O)c2ccc(OC)c(C34CC5CC(CC(C5)C3)C4)c2)ccc1C(=O)O. The summed E-state index contributed by atoms with van der Waals surface area (Å²) in [5.74, 6) is 2.16. The molecular weight excluding hydrogens is 406 g/mol. The van der Waals surface area contributed by atoms with E-state index in [1.165, 1.54) is 63.3 Å². The Morgan fingerprint density at radius 3 is 2.09 bits per heavy atom. The number of nitrogens with one attached hydrogen (secondary N) is 1. The Balaban J connectivity index is 1.44. The third-order valence-electron chi connectivity index (χ3n) is 7.76. The van der Waals surface area contributed by atoms with Gasteiger partial charge in [-0.15, -0.1) is 0 Å². The fourth-order valence-electron chi connectivity index (χ4n) is 6.85. The first-order valence-corrected chi connectivity index (χ1v) is 11.3. The maximum atomic E-state index is 13.1. The highest BCUT2D eigenvalue weighted by Crippen LogP contribution is 2.61. The van der Waals surface area contributed by atoms with Crippen molar-refractivity contribution in [3.8, 4) is 11.5 Å². The molecule has 168 valence electrons. The zero-order chi connectivity index (χ0) is 22.5. The molecule has 6 rings (SSSR count). The van der Waals surface area contributed by atoms with Crippen LogP contribution < -0.4 is 14.8 Å². The van der Waals surface area contributed by atoms with E-state index in [0.717, 1.165) is 23.5 Å². The summed E-state index contributed by atoms with van der Waals surface area (Å²) in [5.41, 5.74) is 2.41. The van der Waals surface area contributed by atoms with Crippen LogP contribution in [0.2, 0.25) is 0 Å². The van der Waals surface area contributed by atoms with Crippen LogP contribution in [0.1, 0.15) is 64.8 Å². The minimum Gasteiger partial charge on any atom is -0.496 e. The minimum absolute atomic E-state index is 0.0547. The first kappa shape index (κ1) is 20.9. The van der Waals surface area contributed by atoms with Crippen LogP contribution in [-0.4, -0.2) is 31.2 Å². The van der Waals surface area contributed by atoms with Gasteiger partial charge in [0.2, 0.25) is 0 Å². The molecule has 4 aliphatic carbocycles. The summed E-state index contributed by atoms with van der Waals surface area (Å²) in [7, 11) is 3.12. The number of carboxylic acid groups (broad SMARTS) is 1. The van der Waals surface area contributed by atoms with E-state index in [9.17, 15) is 14.7 Å². The van der Waals surface area contributed by atoms with E-state index in [0.29, 0.717) is 11.3 Å². The van der Waals surface area contributed by atoms with E-state index in [4.69, 9.17) is 9.47 Å². The smallest absolute Gasteiger partial charge is 0.339 e. The van der Waals surface area contributed by atoms with Crippen molar-refractivity contribution in [2.24, 2.45) is 17.8 Å². The van der Waals surface area contributed by atoms with Crippen LogP contribution in [0, 0.1) is 17.8 Å². The van der Waals surface area contributed by atoms with Crippen LogP contribution >= 0.6 is 0 Å². The summed E-state index contributed by atoms with van der Waals surface area (Å²) >= 11 is 0. The Labute approximate surface area is 187 Å². The van der Waals surface area contributed by atoms with Crippen LogP contribution in [0.3, 0.4) is 0 Å². The fourth-order valence-corrected chi connectivity index (χ4v) is 6.85. The molecule has 0 atom stereocenters. The fraction of sp³-hybridized carbons (Fsp3) is 0.462. The Morgan fingerprint density at radius 1 is 0.906 bits per heavy atom. The number of carbonyl (C=O) groups is 2. The van der Waals surface area contributed by atoms with Crippen molar-refractivity contribution >= 4 is 17.6 Å². The Bertz CT molecular complexity index is 1040. The second kappa shape index (κ2) is 7.84. The molecule has 2 N–H and O–H groups in total. The predicted molar refractivity (Wildman–Crippen MR) is 121 cm³/mol. The lowest BCUT2D eigenvalue weighted by Crippen LogP contribution is -2.48. The maximum Gasteiger partial charge on any atom is 0.339 e. The molecule has 4 saturated carbocycles. The molecule has 2 aromatic carbocycles. The number of rotatable bonds is 6. The highest BCUT2D eigenvalue weighted by molar-refractivity contribution is 6.05. The summed E-state index contributed by atoms with van der Waals surface area (Å²) < 4.78 is 10.9. The molecule has 0 heterocycles. The first-order valence-electron chi connectivity index (χ1n) is 11.3. The number of carbonyl (C=O) groups excluding carboxylic acids is 1. The average molecular weight is 436 g/mol. The molecule has 0 unspecified atom stereocenters. The second-order valence-electron chi connectivity index (χ2n) is 9.79. The predicted octanol–water partition coefficient (Wildman–Crippen LogP) is 5.12. The minimum atomic E-state index is -1.07. The number of anilines is 1. The highest BCUT2D eigenvalue weighted by atomic mass is 16.5. The number of methoxy groups -OCH3 is 2. The molecule has 0 radical (unpaired) electrons. The van der Waals surface area contributed by atoms with Crippen molar-refractivity contribution in [1.82, 2.24) is 0 Å². The van der Waals surface area contributed by atoms with Crippen molar-refractivity contribution < 1.29 is 24.2 Å². The van der Waals surface area contributed by atoms with Gasteiger partial charge in [-0.1, -0.05) is 0 Å². The zero-order valence-corrected chi connectivity index (χ0v) is 18.5. The molecule has 6 nitrogen and oxygen atoms in total. The highest BCUT2D eigenvalue weighted by Gasteiger charge is 2.52. The van der Waals surface area contributed by atoms with Gasteiger partial charge in [0.25, 0.3) is 5.91 Å². The molecule has 1 amide bonds. The summed E-state index contributed by atoms with van der Waals surface area (Å²) in [5, 5.41) is 12.1. The van der Waals surface area contributed by atoms with Crippen molar-refractivity contribution in [2.75, 3.05) is 19.5 Å². The second-order valence-corrected chi connectivity index (χ2v) is 9.79. The lowest BCUT2D eigenvalue weighted by atomic mass is 9.48. The lowest BCUT2D eigenvalue weighted by Gasteiger charge is -2.57. The van der Waals surface area contributed by atoms with Crippen molar-refractivity contribution in [3.63, 3.8) is 0 Å². The normalized spacial score (nSPS) is 27.8. The molecule has 2 aromatic rings. The van der Waals surface area contributed by atoms with E-state index in [2.05, 4.69) is 5.32 Å². The van der Waals surface area contributed by atoms with Gasteiger partial charge in [-0.05, 0) is 92.0 Å². The summed E-state index contributed by atoms with van der Waals surface area (Å²) in [4.78, 5) is 24.4. The standard InChI is InChI=1S/C26H29NO5/c1-31-22-6-3-18(24(28)27-19-4-5-20(25(29)30)23(11-19)32-2)10-21(22)26-12-15-7-16(13-26)9-17(8-15)14-26/h3-6,10-11,15-17H,7-9,12-14H2,1-2H3,(H,27,28)(H,29,30). The van der Waals surface area contributed by atoms with Crippen molar-refractivity contribution in [2.45, 2.75) is 43.9 Å². The average Bonchev–Trinajstić information content (AvgIpc) is 2.77. The van der Waals surface area contributed by atoms with Gasteiger partial charge >= 0.3 is 5.97 Å². The molecule has 32 heavy (non-hydrogen) atoms. The Kier molecular flexibility index (Phi) is 5.11. The van der Waals surface area contributed by atoms with E-state index >= 15 is 0 Å². The number of aromatic carboxylic acids is 1. The molecule has 4 fully saturated rings. The number of hydrogen-bond donors (Lipinski definition) is 2. The summed E-state index contributed by atoms with van der Waals surface area (Å²) in [6.45, 7) is 0. The van der Waals surface area contributed by atoms with Gasteiger partial charge in [-0.3, -0.25) is 4.79 Å². The van der Waals surface area contributed by atoms with Crippen LogP contribution in [-0.2, 0) is 5.41 Å². The monoisotopic (exact) mass is 435 g/mol. The van der Waals surface area contributed by atoms with Crippen molar-refractivity contribution in [1.29, 1.82) is 0 Å². The summed E-state index contributed by atoms with van der Waals surface area (Å²) in [6.07, 6.45) is 7.64. The quantitative estimate of drug-likeness (QED) is 0.658. The third kappa shape index (κ3) is 3.51. The lowest BCUT2D eigenvalue weighted by molar-refractivity contribution is -0.00617. The van der Waals surface area contributed by atoms with Crippen LogP contribution in [0.25, 0.3) is 0 Å². The molecule has 4 bridgehead atoms. The van der Waals surface area contributed by atoms with E-state index in [1.54, 1.807) is 19.2 Å². The summed E-state index contributed by atoms with van der Waals surface area (Å²) in [6, 6.07) is 10.3. The molecule has 6 heteroatoms. The van der Waals surface area contributed by atoms with Gasteiger partial charge in [-0.2, -0.15) is 0 Å². The van der Waals surface area contributed by atoms with Crippen molar-refractivity contribution in [3.05, 3.63) is 53.1 Å². The number of ether oxygens (including phenoxy) is 2. The van der Waals surface area contributed by atoms with Gasteiger partial charge in [0.1, 0.15) is 17.1 Å². The first-order chi connectivity index (χ1) is 15.4. The third-order valence-corrected chi connectivity index (χ3v) is 7.76. The molecular formula is C26H29NO5. The van der Waals surface area contributed by atoms with E-state index in [1.807, 2.05) is 12.1 Å². The van der Waals surface area contributed by atoms with Crippen LogP contribution in [0.15, 0.2) is 36.4 Å². The van der Waals surface area contributed by atoms with E-state index < -0.39 is 5.97 Å². The molecule has 0 saturated heterocycles. The molecule has 0 aromatic heterocycles.